The fraction of sp³-hybridized carbons (Fsp3) is 0.150. The molecule has 114 valence electrons. The molecule has 2 unspecified atom stereocenters. The number of carbonyl (C=O) groups excluding carboxylic acids is 1. The molecule has 0 heterocycles. The summed E-state index contributed by atoms with van der Waals surface area (Å²) < 4.78 is 0. The van der Waals surface area contributed by atoms with Crippen LogP contribution in [0.1, 0.15) is 17.9 Å². The highest BCUT2D eigenvalue weighted by molar-refractivity contribution is 6.31. The van der Waals surface area contributed by atoms with Crippen molar-refractivity contribution >= 4 is 34.0 Å². The fourth-order valence-electron chi connectivity index (χ4n) is 3.16. The first kappa shape index (κ1) is 14.3. The number of fused-ring (bicyclic) bond motifs is 1. The van der Waals surface area contributed by atoms with Crippen LogP contribution in [0, 0.1) is 5.92 Å². The predicted octanol–water partition coefficient (Wildman–Crippen LogP) is 5.24. The van der Waals surface area contributed by atoms with E-state index in [2.05, 4.69) is 17.4 Å². The Kier molecular flexibility index (Phi) is 3.55. The van der Waals surface area contributed by atoms with Crippen LogP contribution in [0.3, 0.4) is 0 Å². The van der Waals surface area contributed by atoms with Crippen LogP contribution in [-0.4, -0.2) is 5.91 Å². The second-order valence-corrected chi connectivity index (χ2v) is 6.39. The normalized spacial score (nSPS) is 19.5. The zero-order valence-electron chi connectivity index (χ0n) is 12.5. The van der Waals surface area contributed by atoms with Crippen LogP contribution in [-0.2, 0) is 4.79 Å². The van der Waals surface area contributed by atoms with Crippen molar-refractivity contribution < 1.29 is 4.79 Å². The summed E-state index contributed by atoms with van der Waals surface area (Å²) in [6.45, 7) is 0. The average Bonchev–Trinajstić information content (AvgIpc) is 3.36. The summed E-state index contributed by atoms with van der Waals surface area (Å²) in [5.74, 6) is 0.318. The molecule has 1 amide bonds. The second kappa shape index (κ2) is 5.71. The lowest BCUT2D eigenvalue weighted by Crippen LogP contribution is -2.14. The topological polar surface area (TPSA) is 29.1 Å². The molecule has 1 aliphatic rings. The second-order valence-electron chi connectivity index (χ2n) is 5.99. The van der Waals surface area contributed by atoms with Crippen molar-refractivity contribution in [3.05, 3.63) is 77.3 Å². The molecular formula is C20H16ClNO. The maximum atomic E-state index is 12.6. The van der Waals surface area contributed by atoms with Gasteiger partial charge >= 0.3 is 0 Å². The van der Waals surface area contributed by atoms with Gasteiger partial charge in [-0.3, -0.25) is 4.79 Å². The van der Waals surface area contributed by atoms with E-state index < -0.39 is 0 Å². The van der Waals surface area contributed by atoms with Crippen molar-refractivity contribution in [2.45, 2.75) is 12.3 Å². The van der Waals surface area contributed by atoms with Gasteiger partial charge in [0.15, 0.2) is 0 Å². The Balaban J connectivity index is 1.54. The first-order valence-corrected chi connectivity index (χ1v) is 8.15. The van der Waals surface area contributed by atoms with Crippen LogP contribution in [0.5, 0.6) is 0 Å². The first-order valence-electron chi connectivity index (χ1n) is 7.77. The van der Waals surface area contributed by atoms with Crippen LogP contribution in [0.4, 0.5) is 5.69 Å². The van der Waals surface area contributed by atoms with Gasteiger partial charge in [-0.25, -0.2) is 0 Å². The lowest BCUT2D eigenvalue weighted by molar-refractivity contribution is -0.117. The summed E-state index contributed by atoms with van der Waals surface area (Å²) in [5, 5.41) is 6.03. The average molecular weight is 322 g/mol. The molecule has 3 aromatic carbocycles. The predicted molar refractivity (Wildman–Crippen MR) is 94.9 cm³/mol. The molecule has 2 nitrogen and oxygen atoms in total. The number of nitrogens with one attached hydrogen (secondary N) is 1. The monoisotopic (exact) mass is 321 g/mol. The summed E-state index contributed by atoms with van der Waals surface area (Å²) in [4.78, 5) is 12.6. The minimum atomic E-state index is 0.00821. The molecule has 0 aromatic heterocycles. The standard InChI is InChI=1S/C20H16ClNO/c21-18-10-4-3-9-15(18)16-12-17(16)20(23)22-19-11-5-7-13-6-1-2-8-14(13)19/h1-11,16-17H,12H2,(H,22,23). The smallest absolute Gasteiger partial charge is 0.228 e. The Hall–Kier alpha value is -2.32. The molecular weight excluding hydrogens is 306 g/mol. The van der Waals surface area contributed by atoms with E-state index >= 15 is 0 Å². The Bertz CT molecular complexity index is 884. The molecule has 0 spiro atoms. The third-order valence-corrected chi connectivity index (χ3v) is 4.82. The summed E-state index contributed by atoms with van der Waals surface area (Å²) in [5.41, 5.74) is 1.95. The lowest BCUT2D eigenvalue weighted by Gasteiger charge is -2.09. The summed E-state index contributed by atoms with van der Waals surface area (Å²) >= 11 is 6.24. The minimum Gasteiger partial charge on any atom is -0.325 e. The van der Waals surface area contributed by atoms with E-state index in [0.29, 0.717) is 0 Å². The number of rotatable bonds is 3. The van der Waals surface area contributed by atoms with Crippen molar-refractivity contribution in [1.82, 2.24) is 0 Å². The lowest BCUT2D eigenvalue weighted by atomic mass is 10.1. The van der Waals surface area contributed by atoms with Gasteiger partial charge in [-0.1, -0.05) is 66.2 Å². The van der Waals surface area contributed by atoms with Crippen molar-refractivity contribution in [2.75, 3.05) is 5.32 Å². The number of anilines is 1. The molecule has 23 heavy (non-hydrogen) atoms. The Labute approximate surface area is 140 Å². The first-order chi connectivity index (χ1) is 11.2. The molecule has 1 fully saturated rings. The molecule has 1 aliphatic carbocycles. The molecule has 2 atom stereocenters. The van der Waals surface area contributed by atoms with Gasteiger partial charge in [-0.05, 0) is 35.4 Å². The van der Waals surface area contributed by atoms with Gasteiger partial charge in [-0.15, -0.1) is 0 Å². The Morgan fingerprint density at radius 2 is 1.70 bits per heavy atom. The van der Waals surface area contributed by atoms with Crippen molar-refractivity contribution in [3.63, 3.8) is 0 Å². The van der Waals surface area contributed by atoms with Gasteiger partial charge < -0.3 is 5.32 Å². The van der Waals surface area contributed by atoms with E-state index in [0.717, 1.165) is 33.5 Å². The zero-order chi connectivity index (χ0) is 15.8. The molecule has 0 saturated heterocycles. The highest BCUT2D eigenvalue weighted by Gasteiger charge is 2.44. The van der Waals surface area contributed by atoms with Crippen LogP contribution >= 0.6 is 11.6 Å². The fourth-order valence-corrected chi connectivity index (χ4v) is 3.44. The van der Waals surface area contributed by atoms with E-state index in [1.807, 2.05) is 54.6 Å². The SMILES string of the molecule is O=C(Nc1cccc2ccccc12)C1CC1c1ccccc1Cl. The molecule has 1 saturated carbocycles. The largest absolute Gasteiger partial charge is 0.325 e. The third-order valence-electron chi connectivity index (χ3n) is 4.48. The molecule has 0 bridgehead atoms. The highest BCUT2D eigenvalue weighted by Crippen LogP contribution is 2.50. The molecule has 0 radical (unpaired) electrons. The van der Waals surface area contributed by atoms with Gasteiger partial charge in [-0.2, -0.15) is 0 Å². The van der Waals surface area contributed by atoms with Crippen LogP contribution < -0.4 is 5.32 Å². The van der Waals surface area contributed by atoms with Crippen LogP contribution in [0.2, 0.25) is 5.02 Å². The highest BCUT2D eigenvalue weighted by atomic mass is 35.5. The van der Waals surface area contributed by atoms with E-state index in [1.165, 1.54) is 0 Å². The maximum Gasteiger partial charge on any atom is 0.228 e. The molecule has 3 heteroatoms. The maximum absolute atomic E-state index is 12.6. The number of hydrogen-bond donors (Lipinski definition) is 1. The van der Waals surface area contributed by atoms with Crippen molar-refractivity contribution in [3.8, 4) is 0 Å². The van der Waals surface area contributed by atoms with Crippen molar-refractivity contribution in [1.29, 1.82) is 0 Å². The molecule has 4 rings (SSSR count). The van der Waals surface area contributed by atoms with Gasteiger partial charge in [0.2, 0.25) is 5.91 Å². The number of amides is 1. The molecule has 1 N–H and O–H groups in total. The van der Waals surface area contributed by atoms with Gasteiger partial charge in [0.1, 0.15) is 0 Å². The number of hydrogen-bond acceptors (Lipinski definition) is 1. The van der Waals surface area contributed by atoms with Gasteiger partial charge in [0, 0.05) is 22.0 Å². The van der Waals surface area contributed by atoms with E-state index in [4.69, 9.17) is 11.6 Å². The summed E-state index contributed by atoms with van der Waals surface area (Å²) in [6.07, 6.45) is 0.861. The van der Waals surface area contributed by atoms with E-state index in [1.54, 1.807) is 0 Å². The van der Waals surface area contributed by atoms with Gasteiger partial charge in [0.25, 0.3) is 0 Å². The third kappa shape index (κ3) is 2.71. The Morgan fingerprint density at radius 1 is 0.957 bits per heavy atom. The van der Waals surface area contributed by atoms with E-state index in [-0.39, 0.29) is 17.7 Å². The quantitative estimate of drug-likeness (QED) is 0.702. The van der Waals surface area contributed by atoms with E-state index in [9.17, 15) is 4.79 Å². The zero-order valence-corrected chi connectivity index (χ0v) is 13.3. The summed E-state index contributed by atoms with van der Waals surface area (Å²) in [7, 11) is 0. The molecule has 3 aromatic rings. The molecule has 0 aliphatic heterocycles. The van der Waals surface area contributed by atoms with Gasteiger partial charge in [0.05, 0.1) is 0 Å². The number of carbonyl (C=O) groups is 1. The summed E-state index contributed by atoms with van der Waals surface area (Å²) in [6, 6.07) is 21.8. The minimum absolute atomic E-state index is 0.00821. The van der Waals surface area contributed by atoms with Crippen LogP contribution in [0.15, 0.2) is 66.7 Å². The Morgan fingerprint density at radius 3 is 2.57 bits per heavy atom. The van der Waals surface area contributed by atoms with Crippen LogP contribution in [0.25, 0.3) is 10.8 Å². The number of benzene rings is 3. The van der Waals surface area contributed by atoms with Crippen molar-refractivity contribution in [2.24, 2.45) is 5.92 Å². The number of halogens is 1.